The van der Waals surface area contributed by atoms with Crippen molar-refractivity contribution in [1.29, 1.82) is 0 Å². The second-order valence-electron chi connectivity index (χ2n) is 3.42. The summed E-state index contributed by atoms with van der Waals surface area (Å²) in [5.41, 5.74) is 0. The lowest BCUT2D eigenvalue weighted by Crippen LogP contribution is -1.98. The highest BCUT2D eigenvalue weighted by Gasteiger charge is 1.92. The second-order valence-corrected chi connectivity index (χ2v) is 3.42. The molecule has 84 valence electrons. The van der Waals surface area contributed by atoms with Crippen LogP contribution in [-0.2, 0) is 4.74 Å². The van der Waals surface area contributed by atoms with Crippen molar-refractivity contribution in [3.05, 3.63) is 12.3 Å². The molecule has 0 aliphatic carbocycles. The van der Waals surface area contributed by atoms with Crippen LogP contribution in [0.15, 0.2) is 12.3 Å². The third-order valence-electron chi connectivity index (χ3n) is 1.95. The lowest BCUT2D eigenvalue weighted by molar-refractivity contribution is 0.121. The van der Waals surface area contributed by atoms with Crippen LogP contribution < -0.4 is 0 Å². The molecule has 14 heavy (non-hydrogen) atoms. The van der Waals surface area contributed by atoms with Crippen molar-refractivity contribution in [3.63, 3.8) is 0 Å². The highest BCUT2D eigenvalue weighted by atomic mass is 16.5. The zero-order chi connectivity index (χ0) is 10.6. The highest BCUT2D eigenvalue weighted by Crippen LogP contribution is 2.04. The molecule has 0 saturated carbocycles. The van der Waals surface area contributed by atoms with E-state index in [4.69, 9.17) is 14.9 Å². The zero-order valence-corrected chi connectivity index (χ0v) is 8.87. The van der Waals surface area contributed by atoms with Gasteiger partial charge < -0.3 is 14.9 Å². The Morgan fingerprint density at radius 1 is 1.00 bits per heavy atom. The first kappa shape index (κ1) is 13.5. The monoisotopic (exact) mass is 202 g/mol. The van der Waals surface area contributed by atoms with Gasteiger partial charge in [-0.15, -0.1) is 0 Å². The Morgan fingerprint density at radius 3 is 2.21 bits per heavy atom. The Balaban J connectivity index is 2.88. The Hall–Kier alpha value is -0.540. The molecule has 3 nitrogen and oxygen atoms in total. The van der Waals surface area contributed by atoms with Crippen LogP contribution in [0.25, 0.3) is 0 Å². The van der Waals surface area contributed by atoms with Crippen molar-refractivity contribution < 1.29 is 14.9 Å². The Kier molecular flexibility index (Phi) is 10.1. The summed E-state index contributed by atoms with van der Waals surface area (Å²) in [6.45, 7) is 5.20. The topological polar surface area (TPSA) is 49.7 Å². The molecule has 0 atom stereocenters. The maximum Gasteiger partial charge on any atom is 0.0851 e. The van der Waals surface area contributed by atoms with Crippen molar-refractivity contribution in [2.75, 3.05) is 19.8 Å². The van der Waals surface area contributed by atoms with Crippen molar-refractivity contribution in [2.45, 2.75) is 38.5 Å². The first-order valence-corrected chi connectivity index (χ1v) is 5.32. The van der Waals surface area contributed by atoms with Crippen LogP contribution in [0.4, 0.5) is 0 Å². The SMILES string of the molecule is C=C(O)CCCCCOCCCCO. The standard InChI is InChI=1S/C11H22O3/c1-11(13)7-3-2-5-9-14-10-6-4-8-12/h12-13H,1-10H2. The van der Waals surface area contributed by atoms with Gasteiger partial charge in [0.2, 0.25) is 0 Å². The maximum atomic E-state index is 8.80. The fourth-order valence-corrected chi connectivity index (χ4v) is 1.13. The normalized spacial score (nSPS) is 10.4. The summed E-state index contributed by atoms with van der Waals surface area (Å²) in [4.78, 5) is 0. The molecule has 0 aromatic rings. The molecule has 0 aliphatic rings. The molecule has 0 unspecified atom stereocenters. The molecule has 0 rings (SSSR count). The van der Waals surface area contributed by atoms with Crippen molar-refractivity contribution in [3.8, 4) is 0 Å². The van der Waals surface area contributed by atoms with Crippen LogP contribution in [0.1, 0.15) is 38.5 Å². The number of ether oxygens (including phenoxy) is 1. The van der Waals surface area contributed by atoms with Crippen LogP contribution >= 0.6 is 0 Å². The van der Waals surface area contributed by atoms with Gasteiger partial charge in [-0.3, -0.25) is 0 Å². The molecule has 0 amide bonds. The van der Waals surface area contributed by atoms with Gasteiger partial charge in [0.25, 0.3) is 0 Å². The quantitative estimate of drug-likeness (QED) is 0.422. The fraction of sp³-hybridized carbons (Fsp3) is 0.818. The lowest BCUT2D eigenvalue weighted by Gasteiger charge is -2.03. The van der Waals surface area contributed by atoms with Gasteiger partial charge in [-0.2, -0.15) is 0 Å². The van der Waals surface area contributed by atoms with E-state index >= 15 is 0 Å². The number of allylic oxidation sites excluding steroid dienone is 1. The molecular weight excluding hydrogens is 180 g/mol. The molecule has 0 saturated heterocycles. The second kappa shape index (κ2) is 10.5. The summed E-state index contributed by atoms with van der Waals surface area (Å²) >= 11 is 0. The molecular formula is C11H22O3. The average Bonchev–Trinajstić information content (AvgIpc) is 2.15. The highest BCUT2D eigenvalue weighted by molar-refractivity contribution is 4.77. The minimum absolute atomic E-state index is 0.252. The van der Waals surface area contributed by atoms with Crippen LogP contribution in [0.2, 0.25) is 0 Å². The van der Waals surface area contributed by atoms with E-state index in [-0.39, 0.29) is 12.4 Å². The Morgan fingerprint density at radius 2 is 1.64 bits per heavy atom. The molecule has 0 heterocycles. The summed E-state index contributed by atoms with van der Waals surface area (Å²) in [5, 5.41) is 17.3. The van der Waals surface area contributed by atoms with Crippen molar-refractivity contribution in [2.24, 2.45) is 0 Å². The molecule has 0 spiro atoms. The average molecular weight is 202 g/mol. The molecule has 0 bridgehead atoms. The van der Waals surface area contributed by atoms with Gasteiger partial charge in [0.1, 0.15) is 0 Å². The number of hydrogen-bond donors (Lipinski definition) is 2. The Labute approximate surface area is 86.4 Å². The molecule has 0 radical (unpaired) electrons. The third-order valence-corrected chi connectivity index (χ3v) is 1.95. The van der Waals surface area contributed by atoms with Gasteiger partial charge >= 0.3 is 0 Å². The molecule has 0 fully saturated rings. The maximum absolute atomic E-state index is 8.80. The number of aliphatic hydroxyl groups excluding tert-OH is 2. The minimum Gasteiger partial charge on any atom is -0.513 e. The zero-order valence-electron chi connectivity index (χ0n) is 8.87. The van der Waals surface area contributed by atoms with Gasteiger partial charge in [0.05, 0.1) is 5.76 Å². The van der Waals surface area contributed by atoms with Gasteiger partial charge in [0.15, 0.2) is 0 Å². The van der Waals surface area contributed by atoms with E-state index in [1.807, 2.05) is 0 Å². The summed E-state index contributed by atoms with van der Waals surface area (Å²) in [6.07, 6.45) is 5.54. The van der Waals surface area contributed by atoms with Crippen LogP contribution in [-0.4, -0.2) is 30.0 Å². The van der Waals surface area contributed by atoms with Gasteiger partial charge in [-0.1, -0.05) is 13.0 Å². The molecule has 0 aliphatic heterocycles. The fourth-order valence-electron chi connectivity index (χ4n) is 1.13. The molecule has 0 aromatic carbocycles. The summed E-state index contributed by atoms with van der Waals surface area (Å²) < 4.78 is 5.35. The van der Waals surface area contributed by atoms with Crippen LogP contribution in [0.3, 0.4) is 0 Å². The smallest absolute Gasteiger partial charge is 0.0851 e. The molecule has 3 heteroatoms. The van der Waals surface area contributed by atoms with E-state index in [9.17, 15) is 0 Å². The number of rotatable bonds is 10. The summed E-state index contributed by atoms with van der Waals surface area (Å²) in [6, 6.07) is 0. The largest absolute Gasteiger partial charge is 0.513 e. The van der Waals surface area contributed by atoms with Crippen LogP contribution in [0, 0.1) is 0 Å². The van der Waals surface area contributed by atoms with E-state index < -0.39 is 0 Å². The summed E-state index contributed by atoms with van der Waals surface area (Å²) in [5.74, 6) is 0.272. The number of hydrogen-bond acceptors (Lipinski definition) is 3. The van der Waals surface area contributed by atoms with E-state index in [0.717, 1.165) is 45.3 Å². The van der Waals surface area contributed by atoms with Crippen molar-refractivity contribution in [1.82, 2.24) is 0 Å². The van der Waals surface area contributed by atoms with E-state index in [2.05, 4.69) is 6.58 Å². The predicted molar refractivity (Wildman–Crippen MR) is 57.4 cm³/mol. The number of unbranched alkanes of at least 4 members (excludes halogenated alkanes) is 3. The molecule has 2 N–H and O–H groups in total. The predicted octanol–water partition coefficient (Wildman–Crippen LogP) is 2.41. The summed E-state index contributed by atoms with van der Waals surface area (Å²) in [7, 11) is 0. The first-order valence-electron chi connectivity index (χ1n) is 5.32. The Bertz CT molecular complexity index is 134. The van der Waals surface area contributed by atoms with Crippen LogP contribution in [0.5, 0.6) is 0 Å². The van der Waals surface area contributed by atoms with Gasteiger partial charge in [0, 0.05) is 26.2 Å². The third kappa shape index (κ3) is 11.5. The van der Waals surface area contributed by atoms with E-state index in [1.54, 1.807) is 0 Å². The van der Waals surface area contributed by atoms with Gasteiger partial charge in [-0.05, 0) is 25.7 Å². The number of aliphatic hydroxyl groups is 2. The lowest BCUT2D eigenvalue weighted by atomic mass is 10.2. The van der Waals surface area contributed by atoms with Gasteiger partial charge in [-0.25, -0.2) is 0 Å². The van der Waals surface area contributed by atoms with Crippen molar-refractivity contribution >= 4 is 0 Å². The first-order chi connectivity index (χ1) is 6.77. The molecule has 0 aromatic heterocycles. The van der Waals surface area contributed by atoms with E-state index in [1.165, 1.54) is 0 Å². The minimum atomic E-state index is 0.252. The van der Waals surface area contributed by atoms with E-state index in [0.29, 0.717) is 6.42 Å².